The molecule has 1 aliphatic rings. The third-order valence-electron chi connectivity index (χ3n) is 3.79. The summed E-state index contributed by atoms with van der Waals surface area (Å²) in [5.74, 6) is 0.282. The summed E-state index contributed by atoms with van der Waals surface area (Å²) in [7, 11) is 0. The molecular weight excluding hydrogens is 258 g/mol. The Hall–Kier alpha value is -1.40. The van der Waals surface area contributed by atoms with E-state index in [-0.39, 0.29) is 24.1 Å². The van der Waals surface area contributed by atoms with Gasteiger partial charge in [0.25, 0.3) is 0 Å². The average molecular weight is 281 g/mol. The number of nitrogens with zero attached hydrogens (tertiary/aromatic N) is 2. The monoisotopic (exact) mass is 281 g/mol. The lowest BCUT2D eigenvalue weighted by Gasteiger charge is -2.30. The first-order valence-electron chi connectivity index (χ1n) is 7.15. The van der Waals surface area contributed by atoms with Gasteiger partial charge in [-0.2, -0.15) is 0 Å². The first kappa shape index (κ1) is 15.0. The summed E-state index contributed by atoms with van der Waals surface area (Å²) in [5, 5.41) is 16.0. The topological polar surface area (TPSA) is 78.6 Å². The maximum Gasteiger partial charge on any atom is 0.243 e. The number of carbonyl (C=O) groups is 1. The first-order valence-corrected chi connectivity index (χ1v) is 7.15. The summed E-state index contributed by atoms with van der Waals surface area (Å²) in [6.07, 6.45) is 2.46. The number of aliphatic hydroxyl groups excluding tert-OH is 1. The Balaban J connectivity index is 1.95. The molecule has 0 saturated carbocycles. The number of hydrogen-bond donors (Lipinski definition) is 2. The van der Waals surface area contributed by atoms with Gasteiger partial charge >= 0.3 is 0 Å². The van der Waals surface area contributed by atoms with Crippen molar-refractivity contribution in [2.45, 2.75) is 58.2 Å². The molecule has 112 valence electrons. The molecule has 2 rings (SSSR count). The van der Waals surface area contributed by atoms with Crippen LogP contribution in [-0.4, -0.2) is 45.8 Å². The molecule has 20 heavy (non-hydrogen) atoms. The molecule has 1 saturated heterocycles. The molecular formula is C14H23N3O3. The van der Waals surface area contributed by atoms with Crippen molar-refractivity contribution in [1.29, 1.82) is 0 Å². The summed E-state index contributed by atoms with van der Waals surface area (Å²) in [5.41, 5.74) is 0.737. The van der Waals surface area contributed by atoms with E-state index in [1.165, 1.54) is 0 Å². The Bertz CT molecular complexity index is 458. The van der Waals surface area contributed by atoms with Crippen LogP contribution in [0.15, 0.2) is 10.6 Å². The van der Waals surface area contributed by atoms with Crippen molar-refractivity contribution in [3.8, 4) is 0 Å². The molecule has 6 heteroatoms. The van der Waals surface area contributed by atoms with Crippen molar-refractivity contribution in [3.05, 3.63) is 11.8 Å². The number of rotatable bonds is 5. The fourth-order valence-corrected chi connectivity index (χ4v) is 2.81. The lowest BCUT2D eigenvalue weighted by atomic mass is 10.1. The van der Waals surface area contributed by atoms with Gasteiger partial charge in [-0.05, 0) is 46.6 Å². The molecule has 0 bridgehead atoms. The second kappa shape index (κ2) is 6.37. The zero-order chi connectivity index (χ0) is 14.7. The summed E-state index contributed by atoms with van der Waals surface area (Å²) < 4.78 is 5.00. The number of hydrogen-bond acceptors (Lipinski definition) is 5. The fraction of sp³-hybridized carbons (Fsp3) is 0.714. The molecule has 2 N–H and O–H groups in total. The Kier molecular flexibility index (Phi) is 4.77. The predicted octanol–water partition coefficient (Wildman–Crippen LogP) is 1.55. The SMILES string of the molecule is Cc1cc(NC(=O)C(C)N2CCCC2CC(C)O)on1. The highest BCUT2D eigenvalue weighted by molar-refractivity contribution is 5.93. The second-order valence-electron chi connectivity index (χ2n) is 5.62. The Morgan fingerprint density at radius 3 is 3.00 bits per heavy atom. The van der Waals surface area contributed by atoms with Crippen LogP contribution in [0.5, 0.6) is 0 Å². The van der Waals surface area contributed by atoms with Gasteiger partial charge in [0, 0.05) is 12.1 Å². The fourth-order valence-electron chi connectivity index (χ4n) is 2.81. The third-order valence-corrected chi connectivity index (χ3v) is 3.79. The summed E-state index contributed by atoms with van der Waals surface area (Å²) in [6.45, 7) is 6.38. The molecule has 0 aromatic carbocycles. The highest BCUT2D eigenvalue weighted by Gasteiger charge is 2.32. The normalized spacial score (nSPS) is 22.7. The van der Waals surface area contributed by atoms with Crippen LogP contribution in [-0.2, 0) is 4.79 Å². The van der Waals surface area contributed by atoms with Gasteiger partial charge in [0.1, 0.15) is 0 Å². The van der Waals surface area contributed by atoms with E-state index in [1.807, 2.05) is 13.8 Å². The molecule has 0 radical (unpaired) electrons. The highest BCUT2D eigenvalue weighted by Crippen LogP contribution is 2.24. The quantitative estimate of drug-likeness (QED) is 0.856. The predicted molar refractivity (Wildman–Crippen MR) is 75.4 cm³/mol. The van der Waals surface area contributed by atoms with Gasteiger partial charge in [-0.15, -0.1) is 0 Å². The van der Waals surface area contributed by atoms with E-state index in [0.717, 1.165) is 25.1 Å². The smallest absolute Gasteiger partial charge is 0.243 e. The molecule has 2 heterocycles. The number of aryl methyl sites for hydroxylation is 1. The highest BCUT2D eigenvalue weighted by atomic mass is 16.5. The summed E-state index contributed by atoms with van der Waals surface area (Å²) >= 11 is 0. The molecule has 3 unspecified atom stereocenters. The minimum Gasteiger partial charge on any atom is -0.393 e. The molecule has 3 atom stereocenters. The van der Waals surface area contributed by atoms with E-state index >= 15 is 0 Å². The zero-order valence-corrected chi connectivity index (χ0v) is 12.3. The minimum absolute atomic E-state index is 0.0985. The number of carbonyl (C=O) groups excluding carboxylic acids is 1. The maximum absolute atomic E-state index is 12.2. The lowest BCUT2D eigenvalue weighted by molar-refractivity contribution is -0.121. The second-order valence-corrected chi connectivity index (χ2v) is 5.62. The van der Waals surface area contributed by atoms with Crippen LogP contribution in [0, 0.1) is 6.92 Å². The largest absolute Gasteiger partial charge is 0.393 e. The molecule has 0 spiro atoms. The number of anilines is 1. The zero-order valence-electron chi connectivity index (χ0n) is 12.3. The van der Waals surface area contributed by atoms with Gasteiger partial charge in [-0.3, -0.25) is 15.0 Å². The molecule has 1 aromatic heterocycles. The van der Waals surface area contributed by atoms with Gasteiger partial charge < -0.3 is 9.63 Å². The lowest BCUT2D eigenvalue weighted by Crippen LogP contribution is -2.45. The Labute approximate surface area is 119 Å². The van der Waals surface area contributed by atoms with E-state index in [0.29, 0.717) is 12.3 Å². The van der Waals surface area contributed by atoms with Crippen LogP contribution < -0.4 is 5.32 Å². The van der Waals surface area contributed by atoms with Crippen LogP contribution >= 0.6 is 0 Å². The molecule has 0 aliphatic carbocycles. The summed E-state index contributed by atoms with van der Waals surface area (Å²) in [6, 6.07) is 1.72. The molecule has 1 aromatic rings. The van der Waals surface area contributed by atoms with Crippen LogP contribution in [0.1, 0.15) is 38.8 Å². The van der Waals surface area contributed by atoms with E-state index < -0.39 is 0 Å². The van der Waals surface area contributed by atoms with Crippen molar-refractivity contribution < 1.29 is 14.4 Å². The van der Waals surface area contributed by atoms with E-state index in [1.54, 1.807) is 13.0 Å². The molecule has 1 amide bonds. The first-order chi connectivity index (χ1) is 9.47. The molecule has 1 fully saturated rings. The van der Waals surface area contributed by atoms with Crippen LogP contribution in [0.3, 0.4) is 0 Å². The van der Waals surface area contributed by atoms with Crippen molar-refractivity contribution in [2.24, 2.45) is 0 Å². The van der Waals surface area contributed by atoms with Gasteiger partial charge in [-0.25, -0.2) is 0 Å². The third kappa shape index (κ3) is 3.58. The van der Waals surface area contributed by atoms with Crippen LogP contribution in [0.4, 0.5) is 5.88 Å². The van der Waals surface area contributed by atoms with Gasteiger partial charge in [-0.1, -0.05) is 5.16 Å². The number of aliphatic hydroxyl groups is 1. The number of nitrogens with one attached hydrogen (secondary N) is 1. The van der Waals surface area contributed by atoms with Gasteiger partial charge in [0.15, 0.2) is 0 Å². The van der Waals surface area contributed by atoms with Crippen molar-refractivity contribution in [2.75, 3.05) is 11.9 Å². The van der Waals surface area contributed by atoms with Crippen LogP contribution in [0.2, 0.25) is 0 Å². The standard InChI is InChI=1S/C14H23N3O3/c1-9-7-13(20-16-9)15-14(19)11(3)17-6-4-5-12(17)8-10(2)18/h7,10-12,18H,4-6,8H2,1-3H3,(H,15,19). The minimum atomic E-state index is -0.340. The van der Waals surface area contributed by atoms with Crippen molar-refractivity contribution in [3.63, 3.8) is 0 Å². The molecule has 6 nitrogen and oxygen atoms in total. The number of aromatic nitrogens is 1. The van der Waals surface area contributed by atoms with E-state index in [4.69, 9.17) is 4.52 Å². The van der Waals surface area contributed by atoms with Crippen molar-refractivity contribution in [1.82, 2.24) is 10.1 Å². The van der Waals surface area contributed by atoms with Gasteiger partial charge in [0.05, 0.1) is 17.8 Å². The summed E-state index contributed by atoms with van der Waals surface area (Å²) in [4.78, 5) is 14.4. The van der Waals surface area contributed by atoms with Crippen LogP contribution in [0.25, 0.3) is 0 Å². The average Bonchev–Trinajstić information content (AvgIpc) is 2.97. The Morgan fingerprint density at radius 2 is 2.40 bits per heavy atom. The van der Waals surface area contributed by atoms with Crippen molar-refractivity contribution >= 4 is 11.8 Å². The Morgan fingerprint density at radius 1 is 1.65 bits per heavy atom. The molecule has 1 aliphatic heterocycles. The van der Waals surface area contributed by atoms with Gasteiger partial charge in [0.2, 0.25) is 11.8 Å². The number of amides is 1. The number of likely N-dealkylation sites (tertiary alicyclic amines) is 1. The maximum atomic E-state index is 12.2. The van der Waals surface area contributed by atoms with E-state index in [9.17, 15) is 9.90 Å². The van der Waals surface area contributed by atoms with E-state index in [2.05, 4.69) is 15.4 Å².